The van der Waals surface area contributed by atoms with Crippen LogP contribution in [-0.2, 0) is 0 Å². The van der Waals surface area contributed by atoms with Crippen molar-refractivity contribution in [3.63, 3.8) is 0 Å². The summed E-state index contributed by atoms with van der Waals surface area (Å²) in [5.41, 5.74) is 1.06. The van der Waals surface area contributed by atoms with Gasteiger partial charge in [0.05, 0.1) is 10.7 Å². The smallest absolute Gasteiger partial charge is 0.339 e. The topological polar surface area (TPSA) is 80.9 Å². The van der Waals surface area contributed by atoms with E-state index in [-0.39, 0.29) is 10.6 Å². The van der Waals surface area contributed by atoms with Gasteiger partial charge in [0.15, 0.2) is 5.82 Å². The van der Waals surface area contributed by atoms with Crippen molar-refractivity contribution in [2.24, 2.45) is 0 Å². The van der Waals surface area contributed by atoms with Crippen molar-refractivity contribution in [3.8, 4) is 17.1 Å². The van der Waals surface area contributed by atoms with E-state index in [4.69, 9.17) is 11.6 Å². The van der Waals surface area contributed by atoms with Crippen LogP contribution in [0.3, 0.4) is 0 Å². The molecule has 1 N–H and O–H groups in total. The average Bonchev–Trinajstić information content (AvgIpc) is 2.96. The number of hydrogen-bond donors (Lipinski definition) is 1. The number of nitrogens with zero attached hydrogens (tertiary/aromatic N) is 4. The van der Waals surface area contributed by atoms with E-state index in [0.29, 0.717) is 11.5 Å². The van der Waals surface area contributed by atoms with E-state index in [1.54, 1.807) is 12.1 Å². The zero-order valence-corrected chi connectivity index (χ0v) is 11.4. The largest absolute Gasteiger partial charge is 0.478 e. The van der Waals surface area contributed by atoms with Crippen molar-refractivity contribution in [2.75, 3.05) is 0 Å². The summed E-state index contributed by atoms with van der Waals surface area (Å²) >= 11 is 5.98. The fraction of sp³-hybridized carbons (Fsp3) is 0. The summed E-state index contributed by atoms with van der Waals surface area (Å²) in [6.45, 7) is 0. The van der Waals surface area contributed by atoms with E-state index >= 15 is 0 Å². The van der Waals surface area contributed by atoms with Crippen molar-refractivity contribution in [1.29, 1.82) is 0 Å². The molecule has 1 heterocycles. The minimum absolute atomic E-state index is 0.0383. The molecule has 0 saturated heterocycles. The fourth-order valence-electron chi connectivity index (χ4n) is 2.02. The van der Waals surface area contributed by atoms with Crippen LogP contribution in [0.1, 0.15) is 10.4 Å². The van der Waals surface area contributed by atoms with Gasteiger partial charge >= 0.3 is 5.97 Å². The minimum atomic E-state index is -1.13. The third kappa shape index (κ3) is 2.36. The summed E-state index contributed by atoms with van der Waals surface area (Å²) in [6, 6.07) is 14.0. The first-order valence-corrected chi connectivity index (χ1v) is 6.42. The lowest BCUT2D eigenvalue weighted by molar-refractivity contribution is 0.0697. The van der Waals surface area contributed by atoms with Gasteiger partial charge in [0.2, 0.25) is 0 Å². The van der Waals surface area contributed by atoms with Crippen LogP contribution in [-0.4, -0.2) is 31.3 Å². The molecule has 0 fully saturated rings. The Morgan fingerprint density at radius 3 is 2.57 bits per heavy atom. The second-order valence-corrected chi connectivity index (χ2v) is 4.63. The molecule has 0 aliphatic heterocycles. The lowest BCUT2D eigenvalue weighted by Crippen LogP contribution is -2.08. The first-order valence-electron chi connectivity index (χ1n) is 6.04. The molecule has 0 atom stereocenters. The molecule has 0 radical (unpaired) electrons. The summed E-state index contributed by atoms with van der Waals surface area (Å²) in [6.07, 6.45) is 0. The Morgan fingerprint density at radius 2 is 1.86 bits per heavy atom. The summed E-state index contributed by atoms with van der Waals surface area (Å²) in [7, 11) is 0. The highest BCUT2D eigenvalue weighted by molar-refractivity contribution is 6.34. The maximum atomic E-state index is 11.4. The molecule has 104 valence electrons. The number of benzene rings is 2. The lowest BCUT2D eigenvalue weighted by Gasteiger charge is -2.09. The molecule has 0 spiro atoms. The van der Waals surface area contributed by atoms with Gasteiger partial charge in [-0.25, -0.2) is 4.79 Å². The molecule has 0 amide bonds. The van der Waals surface area contributed by atoms with Crippen LogP contribution in [0.25, 0.3) is 17.1 Å². The molecule has 2 aromatic carbocycles. The molecule has 3 rings (SSSR count). The lowest BCUT2D eigenvalue weighted by atomic mass is 10.1. The van der Waals surface area contributed by atoms with Crippen molar-refractivity contribution >= 4 is 17.6 Å². The molecule has 21 heavy (non-hydrogen) atoms. The number of aromatic nitrogens is 4. The van der Waals surface area contributed by atoms with Gasteiger partial charge in [0.1, 0.15) is 5.56 Å². The highest BCUT2D eigenvalue weighted by Gasteiger charge is 2.19. The summed E-state index contributed by atoms with van der Waals surface area (Å²) < 4.78 is 1.37. The molecule has 0 unspecified atom stereocenters. The second-order valence-electron chi connectivity index (χ2n) is 4.22. The molecule has 6 nitrogen and oxygen atoms in total. The Morgan fingerprint density at radius 1 is 1.10 bits per heavy atom. The maximum absolute atomic E-state index is 11.4. The van der Waals surface area contributed by atoms with Gasteiger partial charge in [-0.1, -0.05) is 48.0 Å². The van der Waals surface area contributed by atoms with Gasteiger partial charge in [0.25, 0.3) is 0 Å². The van der Waals surface area contributed by atoms with E-state index in [2.05, 4.69) is 15.5 Å². The molecule has 7 heteroatoms. The second kappa shape index (κ2) is 5.34. The SMILES string of the molecule is O=C(O)c1c(Cl)cccc1-n1nnnc1-c1ccccc1. The van der Waals surface area contributed by atoms with Gasteiger partial charge in [-0.05, 0) is 22.6 Å². The van der Waals surface area contributed by atoms with Gasteiger partial charge in [-0.2, -0.15) is 4.68 Å². The first-order chi connectivity index (χ1) is 10.2. The summed E-state index contributed by atoms with van der Waals surface area (Å²) in [5.74, 6) is -0.689. The number of rotatable bonds is 3. The highest BCUT2D eigenvalue weighted by Crippen LogP contribution is 2.26. The van der Waals surface area contributed by atoms with Crippen LogP contribution >= 0.6 is 11.6 Å². The summed E-state index contributed by atoms with van der Waals surface area (Å²) in [4.78, 5) is 11.4. The van der Waals surface area contributed by atoms with E-state index < -0.39 is 5.97 Å². The minimum Gasteiger partial charge on any atom is -0.478 e. The molecule has 1 aromatic heterocycles. The standard InChI is InChI=1S/C14H9ClN4O2/c15-10-7-4-8-11(12(10)14(20)21)19-13(16-17-18-19)9-5-2-1-3-6-9/h1-8H,(H,20,21). The van der Waals surface area contributed by atoms with Gasteiger partial charge in [-0.3, -0.25) is 0 Å². The molecule has 0 bridgehead atoms. The van der Waals surface area contributed by atoms with E-state index in [1.165, 1.54) is 10.7 Å². The highest BCUT2D eigenvalue weighted by atomic mass is 35.5. The van der Waals surface area contributed by atoms with Crippen LogP contribution in [0.4, 0.5) is 0 Å². The third-order valence-electron chi connectivity index (χ3n) is 2.94. The number of hydrogen-bond acceptors (Lipinski definition) is 4. The van der Waals surface area contributed by atoms with Crippen LogP contribution in [0, 0.1) is 0 Å². The van der Waals surface area contributed by atoms with Crippen molar-refractivity contribution < 1.29 is 9.90 Å². The predicted octanol–water partition coefficient (Wildman–Crippen LogP) is 2.68. The average molecular weight is 301 g/mol. The molecule has 0 saturated carbocycles. The Kier molecular flexibility index (Phi) is 3.37. The first kappa shape index (κ1) is 13.3. The zero-order chi connectivity index (χ0) is 14.8. The quantitative estimate of drug-likeness (QED) is 0.804. The van der Waals surface area contributed by atoms with Gasteiger partial charge in [-0.15, -0.1) is 5.10 Å². The number of halogens is 1. The summed E-state index contributed by atoms with van der Waals surface area (Å²) in [5, 5.41) is 20.9. The number of aromatic carboxylic acids is 1. The predicted molar refractivity (Wildman–Crippen MR) is 76.6 cm³/mol. The maximum Gasteiger partial charge on any atom is 0.339 e. The normalized spacial score (nSPS) is 10.5. The fourth-order valence-corrected chi connectivity index (χ4v) is 2.27. The van der Waals surface area contributed by atoms with Crippen molar-refractivity contribution in [1.82, 2.24) is 20.2 Å². The Labute approximate surface area is 124 Å². The van der Waals surface area contributed by atoms with E-state index in [1.807, 2.05) is 30.3 Å². The van der Waals surface area contributed by atoms with E-state index in [9.17, 15) is 9.90 Å². The van der Waals surface area contributed by atoms with Crippen LogP contribution in [0.2, 0.25) is 5.02 Å². The zero-order valence-electron chi connectivity index (χ0n) is 10.6. The Balaban J connectivity index is 2.22. The number of carbonyl (C=O) groups is 1. The van der Waals surface area contributed by atoms with Crippen LogP contribution in [0.15, 0.2) is 48.5 Å². The van der Waals surface area contributed by atoms with Gasteiger partial charge in [0, 0.05) is 5.56 Å². The molecule has 3 aromatic rings. The molecule has 0 aliphatic rings. The molecular weight excluding hydrogens is 292 g/mol. The van der Waals surface area contributed by atoms with Crippen molar-refractivity contribution in [2.45, 2.75) is 0 Å². The van der Waals surface area contributed by atoms with Crippen LogP contribution in [0.5, 0.6) is 0 Å². The number of carboxylic acid groups (broad SMARTS) is 1. The Hall–Kier alpha value is -2.73. The number of carboxylic acids is 1. The number of tetrazole rings is 1. The molecule has 0 aliphatic carbocycles. The Bertz CT molecular complexity index is 802. The van der Waals surface area contributed by atoms with Crippen LogP contribution < -0.4 is 0 Å². The molecular formula is C14H9ClN4O2. The van der Waals surface area contributed by atoms with E-state index in [0.717, 1.165) is 5.56 Å². The van der Waals surface area contributed by atoms with Gasteiger partial charge < -0.3 is 5.11 Å². The monoisotopic (exact) mass is 300 g/mol. The van der Waals surface area contributed by atoms with Crippen molar-refractivity contribution in [3.05, 3.63) is 59.1 Å². The third-order valence-corrected chi connectivity index (χ3v) is 3.25.